The Labute approximate surface area is 106 Å². The second-order valence-electron chi connectivity index (χ2n) is 2.48. The molecule has 5 heteroatoms. The van der Waals surface area contributed by atoms with Crippen LogP contribution in [-0.2, 0) is 6.18 Å². The molecule has 1 rings (SSSR count). The summed E-state index contributed by atoms with van der Waals surface area (Å²) in [7, 11) is 1.53. The molecule has 0 radical (unpaired) electrons. The highest BCUT2D eigenvalue weighted by atomic mass is 35.5. The molecular weight excluding hydrogens is 251 g/mol. The third kappa shape index (κ3) is 7.10. The van der Waals surface area contributed by atoms with Gasteiger partial charge in [0.25, 0.3) is 0 Å². The summed E-state index contributed by atoms with van der Waals surface area (Å²) in [6, 6.07) is 3.32. The summed E-state index contributed by atoms with van der Waals surface area (Å²) in [5.74, 6) is 0. The van der Waals surface area contributed by atoms with Gasteiger partial charge in [0.1, 0.15) is 0 Å². The molecule has 0 aromatic heterocycles. The van der Waals surface area contributed by atoms with Crippen molar-refractivity contribution in [3.63, 3.8) is 0 Å². The molecule has 1 aromatic carbocycles. The number of halogens is 4. The van der Waals surface area contributed by atoms with Gasteiger partial charge in [-0.3, -0.25) is 0 Å². The van der Waals surface area contributed by atoms with Crippen LogP contribution in [0.25, 0.3) is 0 Å². The van der Waals surface area contributed by atoms with E-state index in [1.54, 1.807) is 0 Å². The van der Waals surface area contributed by atoms with Crippen LogP contribution < -0.4 is 5.32 Å². The monoisotopic (exact) mass is 269 g/mol. The number of hydrogen-bond donors (Lipinski definition) is 1. The van der Waals surface area contributed by atoms with Crippen LogP contribution in [0.1, 0.15) is 33.3 Å². The molecule has 0 fully saturated rings. The fraction of sp³-hybridized carbons (Fsp3) is 0.500. The minimum absolute atomic E-state index is 0.0687. The maximum Gasteiger partial charge on any atom is 0.416 e. The first-order valence-electron chi connectivity index (χ1n) is 5.49. The zero-order valence-electron chi connectivity index (χ0n) is 10.7. The molecule has 0 unspecified atom stereocenters. The first kappa shape index (κ1) is 18.5. The van der Waals surface area contributed by atoms with Crippen molar-refractivity contribution in [2.24, 2.45) is 0 Å². The van der Waals surface area contributed by atoms with Crippen LogP contribution in [0.2, 0.25) is 5.02 Å². The fourth-order valence-electron chi connectivity index (χ4n) is 0.898. The van der Waals surface area contributed by atoms with E-state index in [2.05, 4.69) is 5.32 Å². The Hall–Kier alpha value is -0.900. The molecule has 1 N–H and O–H groups in total. The van der Waals surface area contributed by atoms with E-state index in [1.807, 2.05) is 27.7 Å². The summed E-state index contributed by atoms with van der Waals surface area (Å²) in [4.78, 5) is 0. The molecule has 0 spiro atoms. The third-order valence-corrected chi connectivity index (χ3v) is 1.73. The smallest absolute Gasteiger partial charge is 0.388 e. The number of benzene rings is 1. The van der Waals surface area contributed by atoms with Gasteiger partial charge in [0, 0.05) is 17.8 Å². The van der Waals surface area contributed by atoms with E-state index in [-0.39, 0.29) is 5.02 Å². The van der Waals surface area contributed by atoms with Crippen LogP contribution in [0.15, 0.2) is 18.2 Å². The summed E-state index contributed by atoms with van der Waals surface area (Å²) < 4.78 is 36.6. The lowest BCUT2D eigenvalue weighted by Crippen LogP contribution is -2.05. The maximum absolute atomic E-state index is 12.2. The molecule has 0 saturated heterocycles. The normalized spacial score (nSPS) is 9.47. The Balaban J connectivity index is 0. The van der Waals surface area contributed by atoms with Crippen LogP contribution in [-0.4, -0.2) is 7.05 Å². The van der Waals surface area contributed by atoms with Gasteiger partial charge < -0.3 is 5.32 Å². The molecule has 0 atom stereocenters. The maximum atomic E-state index is 12.2. The van der Waals surface area contributed by atoms with E-state index in [4.69, 9.17) is 11.6 Å². The number of anilines is 1. The van der Waals surface area contributed by atoms with Gasteiger partial charge in [-0.1, -0.05) is 39.3 Å². The van der Waals surface area contributed by atoms with Crippen molar-refractivity contribution in [2.45, 2.75) is 33.9 Å². The Bertz CT molecular complexity index is 311. The van der Waals surface area contributed by atoms with Crippen molar-refractivity contribution in [1.82, 2.24) is 0 Å². The zero-order valence-corrected chi connectivity index (χ0v) is 11.5. The van der Waals surface area contributed by atoms with Gasteiger partial charge in [-0.2, -0.15) is 13.2 Å². The lowest BCUT2D eigenvalue weighted by atomic mass is 10.2. The molecule has 0 aliphatic heterocycles. The molecule has 0 aliphatic rings. The van der Waals surface area contributed by atoms with Gasteiger partial charge in [-0.15, -0.1) is 0 Å². The van der Waals surface area contributed by atoms with Crippen molar-refractivity contribution in [3.8, 4) is 0 Å². The Morgan fingerprint density at radius 2 is 1.47 bits per heavy atom. The Morgan fingerprint density at radius 1 is 1.00 bits per heavy atom. The van der Waals surface area contributed by atoms with Gasteiger partial charge >= 0.3 is 6.18 Å². The summed E-state index contributed by atoms with van der Waals surface area (Å²) in [6.07, 6.45) is -4.35. The van der Waals surface area contributed by atoms with Gasteiger partial charge in [0.2, 0.25) is 0 Å². The quantitative estimate of drug-likeness (QED) is 0.714. The van der Waals surface area contributed by atoms with Crippen molar-refractivity contribution in [1.29, 1.82) is 0 Å². The number of hydrogen-bond acceptors (Lipinski definition) is 1. The summed E-state index contributed by atoms with van der Waals surface area (Å²) in [5.41, 5.74) is -0.399. The highest BCUT2D eigenvalue weighted by Gasteiger charge is 2.30. The molecule has 1 aromatic rings. The van der Waals surface area contributed by atoms with Crippen molar-refractivity contribution < 1.29 is 13.2 Å². The van der Waals surface area contributed by atoms with E-state index >= 15 is 0 Å². The minimum Gasteiger partial charge on any atom is -0.388 e. The van der Waals surface area contributed by atoms with Gasteiger partial charge in [-0.05, 0) is 18.2 Å². The Kier molecular flexibility index (Phi) is 9.95. The summed E-state index contributed by atoms with van der Waals surface area (Å²) in [6.45, 7) is 8.00. The van der Waals surface area contributed by atoms with E-state index in [0.717, 1.165) is 12.1 Å². The molecular formula is C12H19ClF3N. The standard InChI is InChI=1S/C8H7ClF3N.2C2H6/c1-13-7-3-5(8(10,11)12)2-6(9)4-7;2*1-2/h2-4,13H,1H3;2*1-2H3. The number of nitrogens with one attached hydrogen (secondary N) is 1. The predicted molar refractivity (Wildman–Crippen MR) is 68.7 cm³/mol. The predicted octanol–water partition coefficient (Wildman–Crippen LogP) is 5.45. The molecule has 0 amide bonds. The highest BCUT2D eigenvalue weighted by molar-refractivity contribution is 6.30. The molecule has 0 heterocycles. The average molecular weight is 270 g/mol. The zero-order chi connectivity index (χ0) is 14.1. The van der Waals surface area contributed by atoms with Crippen LogP contribution >= 0.6 is 11.6 Å². The van der Waals surface area contributed by atoms with E-state index in [0.29, 0.717) is 5.69 Å². The first-order chi connectivity index (χ1) is 7.93. The minimum atomic E-state index is -4.35. The molecule has 17 heavy (non-hydrogen) atoms. The highest BCUT2D eigenvalue weighted by Crippen LogP contribution is 2.32. The second-order valence-corrected chi connectivity index (χ2v) is 2.91. The van der Waals surface area contributed by atoms with Crippen LogP contribution in [0.3, 0.4) is 0 Å². The van der Waals surface area contributed by atoms with Crippen LogP contribution in [0, 0.1) is 0 Å². The fourth-order valence-corrected chi connectivity index (χ4v) is 1.13. The first-order valence-corrected chi connectivity index (χ1v) is 5.87. The van der Waals surface area contributed by atoms with Crippen molar-refractivity contribution in [2.75, 3.05) is 12.4 Å². The second kappa shape index (κ2) is 9.16. The SMILES string of the molecule is CC.CC.CNc1cc(Cl)cc(C(F)(F)F)c1. The van der Waals surface area contributed by atoms with Crippen LogP contribution in [0.4, 0.5) is 18.9 Å². The van der Waals surface area contributed by atoms with Crippen molar-refractivity contribution >= 4 is 17.3 Å². The molecule has 0 aliphatic carbocycles. The average Bonchev–Trinajstić information content (AvgIpc) is 2.32. The number of alkyl halides is 3. The van der Waals surface area contributed by atoms with E-state index in [9.17, 15) is 13.2 Å². The topological polar surface area (TPSA) is 12.0 Å². The van der Waals surface area contributed by atoms with Gasteiger partial charge in [0.05, 0.1) is 5.56 Å². The van der Waals surface area contributed by atoms with E-state index < -0.39 is 11.7 Å². The largest absolute Gasteiger partial charge is 0.416 e. The number of rotatable bonds is 1. The van der Waals surface area contributed by atoms with E-state index in [1.165, 1.54) is 13.1 Å². The van der Waals surface area contributed by atoms with Crippen molar-refractivity contribution in [3.05, 3.63) is 28.8 Å². The molecule has 0 bridgehead atoms. The lowest BCUT2D eigenvalue weighted by Gasteiger charge is -2.09. The van der Waals surface area contributed by atoms with Gasteiger partial charge in [0.15, 0.2) is 0 Å². The lowest BCUT2D eigenvalue weighted by molar-refractivity contribution is -0.137. The summed E-state index contributed by atoms with van der Waals surface area (Å²) >= 11 is 5.49. The summed E-state index contributed by atoms with van der Waals surface area (Å²) in [5, 5.41) is 2.66. The molecule has 100 valence electrons. The molecule has 1 nitrogen and oxygen atoms in total. The molecule has 0 saturated carbocycles. The third-order valence-electron chi connectivity index (χ3n) is 1.51. The van der Waals surface area contributed by atoms with Crippen LogP contribution in [0.5, 0.6) is 0 Å². The Morgan fingerprint density at radius 3 is 1.82 bits per heavy atom. The van der Waals surface area contributed by atoms with Gasteiger partial charge in [-0.25, -0.2) is 0 Å².